The molecular weight excluding hydrogens is 348 g/mol. The summed E-state index contributed by atoms with van der Waals surface area (Å²) in [6.45, 7) is 3.75. The highest BCUT2D eigenvalue weighted by molar-refractivity contribution is 6.05. The fourth-order valence-electron chi connectivity index (χ4n) is 3.17. The second-order valence-corrected chi connectivity index (χ2v) is 6.53. The quantitative estimate of drug-likeness (QED) is 0.901. The van der Waals surface area contributed by atoms with Gasteiger partial charge in [-0.15, -0.1) is 0 Å². The average molecular weight is 368 g/mol. The van der Waals surface area contributed by atoms with Crippen LogP contribution in [0.4, 0.5) is 5.69 Å². The van der Waals surface area contributed by atoms with Crippen molar-refractivity contribution in [1.82, 2.24) is 4.90 Å². The van der Waals surface area contributed by atoms with Crippen LogP contribution in [0.25, 0.3) is 0 Å². The van der Waals surface area contributed by atoms with Gasteiger partial charge in [0.1, 0.15) is 0 Å². The number of benzene rings is 2. The highest BCUT2D eigenvalue weighted by Gasteiger charge is 2.25. The Morgan fingerprint density at radius 2 is 1.93 bits per heavy atom. The lowest BCUT2D eigenvalue weighted by molar-refractivity contribution is 0.00359. The van der Waals surface area contributed by atoms with E-state index < -0.39 is 0 Å². The van der Waals surface area contributed by atoms with Crippen LogP contribution in [0.2, 0.25) is 0 Å². The van der Waals surface area contributed by atoms with Gasteiger partial charge in [-0.1, -0.05) is 6.07 Å². The zero-order valence-electron chi connectivity index (χ0n) is 14.9. The summed E-state index contributed by atoms with van der Waals surface area (Å²) in [4.78, 5) is 27.1. The van der Waals surface area contributed by atoms with Crippen LogP contribution >= 0.6 is 0 Å². The monoisotopic (exact) mass is 368 g/mol. The molecule has 2 aliphatic heterocycles. The minimum Gasteiger partial charge on any atom is -0.454 e. The SMILES string of the molecule is CC1COCCN1C(=O)c1cccc(NC(=O)c2ccc3c(c2)OCO3)c1. The molecule has 0 saturated carbocycles. The average Bonchev–Trinajstić information content (AvgIpc) is 3.16. The van der Waals surface area contributed by atoms with Gasteiger partial charge in [0.2, 0.25) is 6.79 Å². The number of hydrogen-bond acceptors (Lipinski definition) is 5. The third kappa shape index (κ3) is 3.59. The summed E-state index contributed by atoms with van der Waals surface area (Å²) in [6.07, 6.45) is 0. The molecule has 0 spiro atoms. The van der Waals surface area contributed by atoms with Crippen molar-refractivity contribution in [3.8, 4) is 11.5 Å². The lowest BCUT2D eigenvalue weighted by Crippen LogP contribution is -2.47. The Morgan fingerprint density at radius 3 is 2.78 bits per heavy atom. The van der Waals surface area contributed by atoms with Crippen LogP contribution in [-0.4, -0.2) is 49.3 Å². The second kappa shape index (κ2) is 7.28. The fourth-order valence-corrected chi connectivity index (χ4v) is 3.17. The first-order valence-corrected chi connectivity index (χ1v) is 8.81. The first-order chi connectivity index (χ1) is 13.1. The maximum Gasteiger partial charge on any atom is 0.255 e. The van der Waals surface area contributed by atoms with Gasteiger partial charge in [0.25, 0.3) is 11.8 Å². The van der Waals surface area contributed by atoms with Gasteiger partial charge in [0.05, 0.1) is 19.3 Å². The molecule has 1 atom stereocenters. The largest absolute Gasteiger partial charge is 0.454 e. The van der Waals surface area contributed by atoms with E-state index in [1.54, 1.807) is 47.4 Å². The number of carbonyl (C=O) groups excluding carboxylic acids is 2. The standard InChI is InChI=1S/C20H20N2O5/c1-13-11-25-8-7-22(13)20(24)15-3-2-4-16(9-15)21-19(23)14-5-6-17-18(10-14)27-12-26-17/h2-6,9-10,13H,7-8,11-12H2,1H3,(H,21,23). The Hall–Kier alpha value is -3.06. The minimum absolute atomic E-state index is 0.0260. The van der Waals surface area contributed by atoms with E-state index in [0.717, 1.165) is 0 Å². The summed E-state index contributed by atoms with van der Waals surface area (Å²) in [5.74, 6) is 0.828. The van der Waals surface area contributed by atoms with Crippen molar-refractivity contribution in [2.24, 2.45) is 0 Å². The highest BCUT2D eigenvalue weighted by Crippen LogP contribution is 2.32. The molecule has 4 rings (SSSR count). The molecule has 27 heavy (non-hydrogen) atoms. The van der Waals surface area contributed by atoms with Gasteiger partial charge in [-0.05, 0) is 43.3 Å². The fraction of sp³-hybridized carbons (Fsp3) is 0.300. The number of carbonyl (C=O) groups is 2. The molecule has 0 radical (unpaired) electrons. The Morgan fingerprint density at radius 1 is 1.07 bits per heavy atom. The molecule has 0 bridgehead atoms. The molecule has 2 amide bonds. The van der Waals surface area contributed by atoms with E-state index in [2.05, 4.69) is 5.32 Å². The van der Waals surface area contributed by atoms with Gasteiger partial charge in [0, 0.05) is 23.4 Å². The van der Waals surface area contributed by atoms with Gasteiger partial charge < -0.3 is 24.4 Å². The van der Waals surface area contributed by atoms with E-state index in [4.69, 9.17) is 14.2 Å². The minimum atomic E-state index is -0.280. The number of anilines is 1. The van der Waals surface area contributed by atoms with E-state index in [1.807, 2.05) is 6.92 Å². The third-order valence-electron chi connectivity index (χ3n) is 4.63. The van der Waals surface area contributed by atoms with Gasteiger partial charge in [0.15, 0.2) is 11.5 Å². The molecule has 140 valence electrons. The Labute approximate surface area is 156 Å². The van der Waals surface area contributed by atoms with Crippen molar-refractivity contribution in [2.45, 2.75) is 13.0 Å². The van der Waals surface area contributed by atoms with Gasteiger partial charge >= 0.3 is 0 Å². The summed E-state index contributed by atoms with van der Waals surface area (Å²) < 4.78 is 15.9. The lowest BCUT2D eigenvalue weighted by Gasteiger charge is -2.33. The molecule has 7 nitrogen and oxygen atoms in total. The van der Waals surface area contributed by atoms with Crippen LogP contribution in [0.3, 0.4) is 0 Å². The molecule has 2 heterocycles. The molecule has 0 aromatic heterocycles. The Bertz CT molecular complexity index is 882. The number of nitrogens with one attached hydrogen (secondary N) is 1. The summed E-state index contributed by atoms with van der Waals surface area (Å²) in [5, 5.41) is 2.83. The molecule has 0 aliphatic carbocycles. The Kier molecular flexibility index (Phi) is 4.68. The summed E-state index contributed by atoms with van der Waals surface area (Å²) in [6, 6.07) is 12.0. The number of rotatable bonds is 3. The smallest absolute Gasteiger partial charge is 0.255 e. The molecule has 1 saturated heterocycles. The number of fused-ring (bicyclic) bond motifs is 1. The van der Waals surface area contributed by atoms with E-state index in [9.17, 15) is 9.59 Å². The van der Waals surface area contributed by atoms with E-state index in [1.165, 1.54) is 0 Å². The van der Waals surface area contributed by atoms with Crippen LogP contribution in [0.5, 0.6) is 11.5 Å². The molecule has 2 aliphatic rings. The van der Waals surface area contributed by atoms with Crippen LogP contribution in [-0.2, 0) is 4.74 Å². The van der Waals surface area contributed by atoms with Crippen LogP contribution in [0.15, 0.2) is 42.5 Å². The van der Waals surface area contributed by atoms with Gasteiger partial charge in [-0.3, -0.25) is 9.59 Å². The van der Waals surface area contributed by atoms with Crippen molar-refractivity contribution in [1.29, 1.82) is 0 Å². The number of nitrogens with zero attached hydrogens (tertiary/aromatic N) is 1. The van der Waals surface area contributed by atoms with Crippen LogP contribution in [0.1, 0.15) is 27.6 Å². The first kappa shape index (κ1) is 17.4. The molecule has 1 N–H and O–H groups in total. The molecule has 1 fully saturated rings. The number of hydrogen-bond donors (Lipinski definition) is 1. The molecule has 1 unspecified atom stereocenters. The molecule has 2 aromatic rings. The van der Waals surface area contributed by atoms with Crippen molar-refractivity contribution < 1.29 is 23.8 Å². The summed E-state index contributed by atoms with van der Waals surface area (Å²) in [5.41, 5.74) is 1.55. The molecular formula is C20H20N2O5. The predicted molar refractivity (Wildman–Crippen MR) is 98.3 cm³/mol. The van der Waals surface area contributed by atoms with Crippen LogP contribution < -0.4 is 14.8 Å². The zero-order valence-corrected chi connectivity index (χ0v) is 14.9. The molecule has 2 aromatic carbocycles. The number of ether oxygens (including phenoxy) is 3. The lowest BCUT2D eigenvalue weighted by atomic mass is 10.1. The van der Waals surface area contributed by atoms with Crippen molar-refractivity contribution in [2.75, 3.05) is 31.9 Å². The van der Waals surface area contributed by atoms with Gasteiger partial charge in [-0.2, -0.15) is 0 Å². The highest BCUT2D eigenvalue weighted by atomic mass is 16.7. The normalized spacial score (nSPS) is 18.3. The van der Waals surface area contributed by atoms with Crippen molar-refractivity contribution >= 4 is 17.5 Å². The molecule has 7 heteroatoms. The van der Waals surface area contributed by atoms with Crippen LogP contribution in [0, 0.1) is 0 Å². The maximum absolute atomic E-state index is 12.8. The predicted octanol–water partition coefficient (Wildman–Crippen LogP) is 2.53. The summed E-state index contributed by atoms with van der Waals surface area (Å²) in [7, 11) is 0. The Balaban J connectivity index is 1.49. The maximum atomic E-state index is 12.8. The first-order valence-electron chi connectivity index (χ1n) is 8.81. The van der Waals surface area contributed by atoms with Crippen molar-refractivity contribution in [3.63, 3.8) is 0 Å². The van der Waals surface area contributed by atoms with Crippen molar-refractivity contribution in [3.05, 3.63) is 53.6 Å². The zero-order chi connectivity index (χ0) is 18.8. The summed E-state index contributed by atoms with van der Waals surface area (Å²) >= 11 is 0. The topological polar surface area (TPSA) is 77.1 Å². The number of amides is 2. The van der Waals surface area contributed by atoms with E-state index in [-0.39, 0.29) is 24.6 Å². The number of morpholine rings is 1. The third-order valence-corrected chi connectivity index (χ3v) is 4.63. The van der Waals surface area contributed by atoms with E-state index in [0.29, 0.717) is 48.1 Å². The van der Waals surface area contributed by atoms with E-state index >= 15 is 0 Å². The second-order valence-electron chi connectivity index (χ2n) is 6.53. The van der Waals surface area contributed by atoms with Gasteiger partial charge in [-0.25, -0.2) is 0 Å².